The van der Waals surface area contributed by atoms with Gasteiger partial charge in [-0.15, -0.1) is 11.3 Å². The van der Waals surface area contributed by atoms with Crippen molar-refractivity contribution in [3.8, 4) is 17.2 Å². The summed E-state index contributed by atoms with van der Waals surface area (Å²) in [5.41, 5.74) is 0.877. The van der Waals surface area contributed by atoms with E-state index in [4.69, 9.17) is 19.2 Å². The van der Waals surface area contributed by atoms with Crippen molar-refractivity contribution in [3.05, 3.63) is 39.6 Å². The highest BCUT2D eigenvalue weighted by atomic mass is 32.1. The van der Waals surface area contributed by atoms with Crippen molar-refractivity contribution in [1.29, 1.82) is 0 Å². The van der Waals surface area contributed by atoms with E-state index in [0.717, 1.165) is 31.0 Å². The number of ether oxygens (including phenoxy) is 3. The van der Waals surface area contributed by atoms with Crippen LogP contribution in [0.15, 0.2) is 29.3 Å². The van der Waals surface area contributed by atoms with Crippen LogP contribution in [0.25, 0.3) is 0 Å². The van der Waals surface area contributed by atoms with Crippen molar-refractivity contribution < 1.29 is 14.2 Å². The predicted octanol–water partition coefficient (Wildman–Crippen LogP) is 3.59. The van der Waals surface area contributed by atoms with Gasteiger partial charge in [-0.2, -0.15) is 0 Å². The zero-order valence-corrected chi connectivity index (χ0v) is 17.5. The lowest BCUT2D eigenvalue weighted by Crippen LogP contribution is -2.36. The van der Waals surface area contributed by atoms with Crippen LogP contribution < -0.4 is 24.8 Å². The maximum atomic E-state index is 5.50. The van der Waals surface area contributed by atoms with Crippen molar-refractivity contribution >= 4 is 17.3 Å². The first-order chi connectivity index (χ1) is 13.1. The van der Waals surface area contributed by atoms with Crippen LogP contribution in [-0.4, -0.2) is 33.8 Å². The number of nitrogens with one attached hydrogen (secondary N) is 2. The summed E-state index contributed by atoms with van der Waals surface area (Å²) in [6.07, 6.45) is 1.07. The van der Waals surface area contributed by atoms with Gasteiger partial charge in [0.05, 0.1) is 40.0 Å². The second-order valence-electron chi connectivity index (χ2n) is 5.78. The lowest BCUT2D eigenvalue weighted by molar-refractivity contribution is 0.369. The van der Waals surface area contributed by atoms with E-state index < -0.39 is 0 Å². The topological polar surface area (TPSA) is 64.1 Å². The fourth-order valence-corrected chi connectivity index (χ4v) is 3.51. The molecule has 2 N–H and O–H groups in total. The van der Waals surface area contributed by atoms with Crippen LogP contribution in [0.1, 0.15) is 29.2 Å². The van der Waals surface area contributed by atoms with Gasteiger partial charge in [-0.1, -0.05) is 6.92 Å². The molecule has 27 heavy (non-hydrogen) atoms. The van der Waals surface area contributed by atoms with Gasteiger partial charge in [-0.25, -0.2) is 4.99 Å². The number of thiophene rings is 1. The molecule has 0 radical (unpaired) electrons. The minimum atomic E-state index is 0.427. The van der Waals surface area contributed by atoms with E-state index >= 15 is 0 Å². The molecule has 0 unspecified atom stereocenters. The molecule has 2 aromatic rings. The minimum absolute atomic E-state index is 0.427. The Bertz CT molecular complexity index is 734. The second-order valence-corrected chi connectivity index (χ2v) is 7.03. The normalized spacial score (nSPS) is 11.2. The molecule has 1 aromatic heterocycles. The van der Waals surface area contributed by atoms with Crippen LogP contribution in [0.4, 0.5) is 0 Å². The van der Waals surface area contributed by atoms with E-state index in [1.807, 2.05) is 30.4 Å². The monoisotopic (exact) mass is 391 g/mol. The number of methoxy groups -OCH3 is 3. The van der Waals surface area contributed by atoms with Gasteiger partial charge in [0.2, 0.25) is 0 Å². The molecule has 0 saturated heterocycles. The maximum absolute atomic E-state index is 5.50. The predicted molar refractivity (Wildman–Crippen MR) is 111 cm³/mol. The number of aliphatic imine (C=N–C) groups is 1. The van der Waals surface area contributed by atoms with Gasteiger partial charge in [0.1, 0.15) is 17.2 Å². The summed E-state index contributed by atoms with van der Waals surface area (Å²) < 4.78 is 16.3. The molecule has 0 fully saturated rings. The molecule has 7 heteroatoms. The molecule has 0 aliphatic carbocycles. The molecular formula is C20H29N3O3S. The molecule has 0 bridgehead atoms. The average Bonchev–Trinajstić information content (AvgIpc) is 3.17. The van der Waals surface area contributed by atoms with Crippen LogP contribution in [-0.2, 0) is 19.5 Å². The molecule has 0 aliphatic heterocycles. The van der Waals surface area contributed by atoms with E-state index in [-0.39, 0.29) is 0 Å². The molecule has 0 spiro atoms. The number of benzene rings is 1. The Hall–Kier alpha value is -2.41. The fraction of sp³-hybridized carbons (Fsp3) is 0.450. The van der Waals surface area contributed by atoms with Gasteiger partial charge < -0.3 is 24.8 Å². The third-order valence-electron chi connectivity index (χ3n) is 4.05. The van der Waals surface area contributed by atoms with Gasteiger partial charge in [-0.3, -0.25) is 0 Å². The fourth-order valence-electron chi connectivity index (χ4n) is 2.61. The highest BCUT2D eigenvalue weighted by Gasteiger charge is 2.13. The van der Waals surface area contributed by atoms with Crippen molar-refractivity contribution in [1.82, 2.24) is 10.6 Å². The van der Waals surface area contributed by atoms with Crippen molar-refractivity contribution in [2.75, 3.05) is 27.9 Å². The number of guanidine groups is 1. The summed E-state index contributed by atoms with van der Waals surface area (Å²) in [7, 11) is 4.88. The van der Waals surface area contributed by atoms with E-state index in [9.17, 15) is 0 Å². The zero-order valence-electron chi connectivity index (χ0n) is 16.7. The van der Waals surface area contributed by atoms with Crippen LogP contribution in [0.3, 0.4) is 0 Å². The number of nitrogens with zero attached hydrogens (tertiary/aromatic N) is 1. The van der Waals surface area contributed by atoms with E-state index in [2.05, 4.69) is 29.7 Å². The molecule has 6 nitrogen and oxygen atoms in total. The van der Waals surface area contributed by atoms with Gasteiger partial charge >= 0.3 is 0 Å². The second kappa shape index (κ2) is 10.7. The summed E-state index contributed by atoms with van der Waals surface area (Å²) in [6.45, 7) is 6.17. The number of rotatable bonds is 9. The molecule has 0 aliphatic rings. The first-order valence-corrected chi connectivity index (χ1v) is 9.85. The van der Waals surface area contributed by atoms with Crippen LogP contribution >= 0.6 is 11.3 Å². The first kappa shape index (κ1) is 20.9. The molecule has 148 valence electrons. The smallest absolute Gasteiger partial charge is 0.191 e. The summed E-state index contributed by atoms with van der Waals surface area (Å²) in [5, 5.41) is 6.66. The van der Waals surface area contributed by atoms with Crippen molar-refractivity contribution in [2.45, 2.75) is 33.4 Å². The van der Waals surface area contributed by atoms with E-state index in [1.165, 1.54) is 9.75 Å². The summed E-state index contributed by atoms with van der Waals surface area (Å²) in [5.74, 6) is 2.82. The summed E-state index contributed by atoms with van der Waals surface area (Å²) in [4.78, 5) is 7.38. The Morgan fingerprint density at radius 2 is 1.63 bits per heavy atom. The Balaban J connectivity index is 2.15. The van der Waals surface area contributed by atoms with Gasteiger partial charge in [0.25, 0.3) is 0 Å². The van der Waals surface area contributed by atoms with Crippen LogP contribution in [0.5, 0.6) is 17.2 Å². The maximum Gasteiger partial charge on any atom is 0.191 e. The van der Waals surface area contributed by atoms with Crippen LogP contribution in [0.2, 0.25) is 0 Å². The van der Waals surface area contributed by atoms with E-state index in [0.29, 0.717) is 23.8 Å². The van der Waals surface area contributed by atoms with Crippen molar-refractivity contribution in [2.24, 2.45) is 4.99 Å². The van der Waals surface area contributed by atoms with Crippen molar-refractivity contribution in [3.63, 3.8) is 0 Å². The third kappa shape index (κ3) is 5.79. The zero-order chi connectivity index (χ0) is 19.6. The molecule has 1 aromatic carbocycles. The summed E-state index contributed by atoms with van der Waals surface area (Å²) in [6, 6.07) is 8.02. The Labute approximate surface area is 165 Å². The lowest BCUT2D eigenvalue weighted by Gasteiger charge is -2.15. The number of aryl methyl sites for hydroxylation is 1. The molecule has 1 heterocycles. The molecule has 0 atom stereocenters. The largest absolute Gasteiger partial charge is 0.496 e. The lowest BCUT2D eigenvalue weighted by atomic mass is 10.1. The third-order valence-corrected chi connectivity index (χ3v) is 5.28. The van der Waals surface area contributed by atoms with Gasteiger partial charge in [-0.05, 0) is 25.5 Å². The SMILES string of the molecule is CCNC(=NCc1c(OC)cc(OC)cc1OC)NCc1ccc(CC)s1. The molecule has 2 rings (SSSR count). The molecule has 0 saturated carbocycles. The first-order valence-electron chi connectivity index (χ1n) is 9.03. The average molecular weight is 392 g/mol. The highest BCUT2D eigenvalue weighted by molar-refractivity contribution is 7.11. The number of hydrogen-bond donors (Lipinski definition) is 2. The Kier molecular flexibility index (Phi) is 8.26. The minimum Gasteiger partial charge on any atom is -0.496 e. The molecule has 0 amide bonds. The van der Waals surface area contributed by atoms with Gasteiger partial charge in [0, 0.05) is 28.4 Å². The molecular weight excluding hydrogens is 362 g/mol. The van der Waals surface area contributed by atoms with E-state index in [1.54, 1.807) is 21.3 Å². The summed E-state index contributed by atoms with van der Waals surface area (Å²) >= 11 is 1.82. The Morgan fingerprint density at radius 3 is 2.15 bits per heavy atom. The van der Waals surface area contributed by atoms with Crippen LogP contribution in [0, 0.1) is 0 Å². The number of hydrogen-bond acceptors (Lipinski definition) is 5. The Morgan fingerprint density at radius 1 is 0.963 bits per heavy atom. The highest BCUT2D eigenvalue weighted by Crippen LogP contribution is 2.34. The van der Waals surface area contributed by atoms with Gasteiger partial charge in [0.15, 0.2) is 5.96 Å². The standard InChI is InChI=1S/C20H29N3O3S/c1-6-15-8-9-16(27-15)12-22-20(21-7-2)23-13-17-18(25-4)10-14(24-3)11-19(17)26-5/h8-11H,6-7,12-13H2,1-5H3,(H2,21,22,23). The quantitative estimate of drug-likeness (QED) is 0.505.